The van der Waals surface area contributed by atoms with Crippen molar-refractivity contribution >= 4 is 64.4 Å². The number of rotatable bonds is 5. The molecule has 1 N–H and O–H groups in total. The van der Waals surface area contributed by atoms with Crippen molar-refractivity contribution in [1.29, 1.82) is 0 Å². The number of ether oxygens (including phenoxy) is 1. The number of benzene rings is 3. The number of aryl methyl sites for hydroxylation is 1. The lowest BCUT2D eigenvalue weighted by Gasteiger charge is -2.26. The van der Waals surface area contributed by atoms with E-state index < -0.39 is 17.8 Å². The van der Waals surface area contributed by atoms with Crippen LogP contribution in [0.1, 0.15) is 16.7 Å². The van der Waals surface area contributed by atoms with E-state index in [2.05, 4.69) is 5.32 Å². The van der Waals surface area contributed by atoms with Crippen LogP contribution in [0.2, 0.25) is 15.1 Å². The average Bonchev–Trinajstić information content (AvgIpc) is 2.79. The van der Waals surface area contributed by atoms with Gasteiger partial charge in [0.1, 0.15) is 17.9 Å². The van der Waals surface area contributed by atoms with Gasteiger partial charge in [-0.1, -0.05) is 70.7 Å². The molecule has 0 radical (unpaired) electrons. The Labute approximate surface area is 210 Å². The van der Waals surface area contributed by atoms with Crippen LogP contribution in [0.5, 0.6) is 5.75 Å². The number of nitrogens with zero attached hydrogens (tertiary/aromatic N) is 1. The number of hydrogen-bond donors (Lipinski definition) is 1. The third-order valence-corrected chi connectivity index (χ3v) is 6.08. The maximum absolute atomic E-state index is 13.0. The molecule has 0 spiro atoms. The van der Waals surface area contributed by atoms with Crippen LogP contribution in [-0.4, -0.2) is 17.8 Å². The first-order valence-corrected chi connectivity index (χ1v) is 11.2. The Hall–Kier alpha value is -3.32. The van der Waals surface area contributed by atoms with Crippen molar-refractivity contribution in [3.05, 3.63) is 98.0 Å². The zero-order chi connectivity index (χ0) is 24.4. The summed E-state index contributed by atoms with van der Waals surface area (Å²) in [7, 11) is 0. The highest BCUT2D eigenvalue weighted by Crippen LogP contribution is 2.31. The van der Waals surface area contributed by atoms with Crippen molar-refractivity contribution in [2.75, 3.05) is 4.90 Å². The Bertz CT molecular complexity index is 1340. The SMILES string of the molecule is Cc1ccc(COc2ccc(/C=C3\C(=O)NC(=O)N(c4ccc(Cl)c(Cl)c4)C3=O)cc2Cl)cc1. The lowest BCUT2D eigenvalue weighted by Crippen LogP contribution is -2.54. The van der Waals surface area contributed by atoms with Crippen LogP contribution in [0.3, 0.4) is 0 Å². The smallest absolute Gasteiger partial charge is 0.335 e. The van der Waals surface area contributed by atoms with E-state index >= 15 is 0 Å². The lowest BCUT2D eigenvalue weighted by molar-refractivity contribution is -0.122. The summed E-state index contributed by atoms with van der Waals surface area (Å²) in [5.74, 6) is -1.17. The average molecular weight is 516 g/mol. The number of imide groups is 2. The van der Waals surface area contributed by atoms with Crippen LogP contribution in [0.15, 0.2) is 66.2 Å². The van der Waals surface area contributed by atoms with Crippen molar-refractivity contribution in [3.8, 4) is 5.75 Å². The van der Waals surface area contributed by atoms with Crippen LogP contribution in [0.4, 0.5) is 10.5 Å². The van der Waals surface area contributed by atoms with E-state index in [9.17, 15) is 14.4 Å². The molecule has 0 atom stereocenters. The van der Waals surface area contributed by atoms with E-state index in [-0.39, 0.29) is 21.3 Å². The zero-order valence-electron chi connectivity index (χ0n) is 17.8. The van der Waals surface area contributed by atoms with Crippen LogP contribution in [0, 0.1) is 6.92 Å². The minimum Gasteiger partial charge on any atom is -0.487 e. The molecule has 1 fully saturated rings. The second kappa shape index (κ2) is 9.89. The Morgan fingerprint density at radius 3 is 2.29 bits per heavy atom. The molecule has 0 bridgehead atoms. The fourth-order valence-electron chi connectivity index (χ4n) is 3.25. The van der Waals surface area contributed by atoms with Crippen LogP contribution >= 0.6 is 34.8 Å². The van der Waals surface area contributed by atoms with Gasteiger partial charge in [0.15, 0.2) is 0 Å². The van der Waals surface area contributed by atoms with Gasteiger partial charge in [0.05, 0.1) is 20.8 Å². The van der Waals surface area contributed by atoms with E-state index in [4.69, 9.17) is 39.5 Å². The minimum absolute atomic E-state index is 0.162. The number of urea groups is 1. The molecule has 0 aliphatic carbocycles. The fourth-order valence-corrected chi connectivity index (χ4v) is 3.79. The molecule has 1 aliphatic heterocycles. The lowest BCUT2D eigenvalue weighted by atomic mass is 10.1. The third-order valence-electron chi connectivity index (χ3n) is 5.04. The summed E-state index contributed by atoms with van der Waals surface area (Å²) in [6.45, 7) is 2.34. The quantitative estimate of drug-likeness (QED) is 0.324. The molecule has 0 unspecified atom stereocenters. The molecule has 3 aromatic carbocycles. The number of nitrogens with one attached hydrogen (secondary N) is 1. The highest BCUT2D eigenvalue weighted by molar-refractivity contribution is 6.43. The molecule has 1 heterocycles. The van der Waals surface area contributed by atoms with Gasteiger partial charge in [-0.3, -0.25) is 14.9 Å². The summed E-state index contributed by atoms with van der Waals surface area (Å²) in [6, 6.07) is 16.2. The Kier molecular flexibility index (Phi) is 6.93. The third kappa shape index (κ3) is 5.09. The van der Waals surface area contributed by atoms with E-state index in [0.29, 0.717) is 22.9 Å². The first-order valence-electron chi connectivity index (χ1n) is 10.1. The number of halogens is 3. The van der Waals surface area contributed by atoms with E-state index in [0.717, 1.165) is 16.0 Å². The minimum atomic E-state index is -0.886. The number of carbonyl (C=O) groups excluding carboxylic acids is 3. The molecule has 3 aromatic rings. The topological polar surface area (TPSA) is 75.7 Å². The van der Waals surface area contributed by atoms with Gasteiger partial charge in [-0.05, 0) is 54.5 Å². The highest BCUT2D eigenvalue weighted by atomic mass is 35.5. The Balaban J connectivity index is 1.56. The second-order valence-corrected chi connectivity index (χ2v) is 8.74. The number of amides is 4. The molecular formula is C25H17Cl3N2O4. The summed E-state index contributed by atoms with van der Waals surface area (Å²) in [5.41, 5.74) is 2.56. The van der Waals surface area contributed by atoms with Gasteiger partial charge >= 0.3 is 6.03 Å². The number of anilines is 1. The van der Waals surface area contributed by atoms with E-state index in [1.54, 1.807) is 18.2 Å². The first-order chi connectivity index (χ1) is 16.2. The van der Waals surface area contributed by atoms with Crippen LogP contribution in [0.25, 0.3) is 6.08 Å². The predicted molar refractivity (Wildman–Crippen MR) is 132 cm³/mol. The van der Waals surface area contributed by atoms with Crippen molar-refractivity contribution < 1.29 is 19.1 Å². The molecule has 0 saturated carbocycles. The number of carbonyl (C=O) groups is 3. The first kappa shape index (κ1) is 23.8. The zero-order valence-corrected chi connectivity index (χ0v) is 20.0. The fraction of sp³-hybridized carbons (Fsp3) is 0.0800. The monoisotopic (exact) mass is 514 g/mol. The van der Waals surface area contributed by atoms with Gasteiger partial charge in [0.2, 0.25) is 0 Å². The van der Waals surface area contributed by atoms with Gasteiger partial charge in [-0.15, -0.1) is 0 Å². The molecule has 4 amide bonds. The molecule has 0 aromatic heterocycles. The van der Waals surface area contributed by atoms with Gasteiger partial charge in [0, 0.05) is 0 Å². The maximum atomic E-state index is 13.0. The van der Waals surface area contributed by atoms with E-state index in [1.807, 2.05) is 31.2 Å². The Morgan fingerprint density at radius 2 is 1.62 bits per heavy atom. The summed E-state index contributed by atoms with van der Waals surface area (Å²) in [4.78, 5) is 38.6. The van der Waals surface area contributed by atoms with Crippen molar-refractivity contribution in [2.24, 2.45) is 0 Å². The second-order valence-electron chi connectivity index (χ2n) is 7.52. The van der Waals surface area contributed by atoms with Crippen LogP contribution < -0.4 is 15.0 Å². The predicted octanol–water partition coefficient (Wildman–Crippen LogP) is 6.20. The number of hydrogen-bond acceptors (Lipinski definition) is 4. The van der Waals surface area contributed by atoms with Crippen molar-refractivity contribution in [1.82, 2.24) is 5.32 Å². The number of barbiturate groups is 1. The summed E-state index contributed by atoms with van der Waals surface area (Å²) < 4.78 is 5.78. The molecule has 1 aliphatic rings. The summed E-state index contributed by atoms with van der Waals surface area (Å²) in [6.07, 6.45) is 1.35. The van der Waals surface area contributed by atoms with Gasteiger partial charge in [-0.25, -0.2) is 9.69 Å². The normalized spacial score (nSPS) is 15.0. The highest BCUT2D eigenvalue weighted by Gasteiger charge is 2.37. The van der Waals surface area contributed by atoms with E-state index in [1.165, 1.54) is 24.3 Å². The van der Waals surface area contributed by atoms with Gasteiger partial charge in [-0.2, -0.15) is 0 Å². The molecule has 172 valence electrons. The maximum Gasteiger partial charge on any atom is 0.335 e. The standard InChI is InChI=1S/C25H17Cl3N2O4/c1-14-2-4-15(5-3-14)13-34-22-9-6-16(11-21(22)28)10-18-23(31)29-25(33)30(24(18)32)17-7-8-19(26)20(27)12-17/h2-12H,13H2,1H3,(H,29,31,33)/b18-10+. The molecule has 6 nitrogen and oxygen atoms in total. The van der Waals surface area contributed by atoms with Crippen molar-refractivity contribution in [3.63, 3.8) is 0 Å². The van der Waals surface area contributed by atoms with Crippen molar-refractivity contribution in [2.45, 2.75) is 13.5 Å². The summed E-state index contributed by atoms with van der Waals surface area (Å²) in [5, 5.41) is 2.89. The van der Waals surface area contributed by atoms with Gasteiger partial charge in [0.25, 0.3) is 11.8 Å². The molecule has 9 heteroatoms. The van der Waals surface area contributed by atoms with Crippen LogP contribution in [-0.2, 0) is 16.2 Å². The van der Waals surface area contributed by atoms with Gasteiger partial charge < -0.3 is 4.74 Å². The molecule has 34 heavy (non-hydrogen) atoms. The molecular weight excluding hydrogens is 499 g/mol. The molecule has 1 saturated heterocycles. The largest absolute Gasteiger partial charge is 0.487 e. The molecule has 4 rings (SSSR count). The Morgan fingerprint density at radius 1 is 0.882 bits per heavy atom. The summed E-state index contributed by atoms with van der Waals surface area (Å²) >= 11 is 18.3.